The van der Waals surface area contributed by atoms with Crippen LogP contribution in [0.1, 0.15) is 29.6 Å². The molecule has 3 N–H and O–H groups in total. The summed E-state index contributed by atoms with van der Waals surface area (Å²) in [6.07, 6.45) is 2.75. The van der Waals surface area contributed by atoms with Crippen molar-refractivity contribution in [2.24, 2.45) is 5.73 Å². The Bertz CT molecular complexity index is 629. The van der Waals surface area contributed by atoms with Crippen molar-refractivity contribution in [3.8, 4) is 5.75 Å². The van der Waals surface area contributed by atoms with Gasteiger partial charge in [0.2, 0.25) is 0 Å². The first-order valence-electron chi connectivity index (χ1n) is 8.77. The number of carbonyl (C=O) groups excluding carboxylic acids is 2. The molecule has 1 saturated carbocycles. The van der Waals surface area contributed by atoms with E-state index in [4.69, 9.17) is 10.5 Å². The van der Waals surface area contributed by atoms with Gasteiger partial charge in [-0.15, -0.1) is 0 Å². The standard InChI is InChI=1S/C18H25N3O4/c19-17(23)12-25-14-4-1-3-13(11-14)18(24)21-9-7-20(8-10-21)15-5-2-6-16(15)22/h1,3-4,11,15-16,22H,2,5-10,12H2,(H2,19,23)/t15-,16+/m1/s1. The van der Waals surface area contributed by atoms with Crippen LogP contribution in [0.3, 0.4) is 0 Å². The predicted octanol–water partition coefficient (Wildman–Crippen LogP) is 0.222. The number of primary amides is 1. The molecule has 2 aliphatic rings. The van der Waals surface area contributed by atoms with Crippen molar-refractivity contribution in [2.45, 2.75) is 31.4 Å². The lowest BCUT2D eigenvalue weighted by atomic mass is 10.1. The average molecular weight is 347 g/mol. The van der Waals surface area contributed by atoms with Crippen LogP contribution < -0.4 is 10.5 Å². The average Bonchev–Trinajstić information content (AvgIpc) is 3.06. The Labute approximate surface area is 147 Å². The molecular formula is C18H25N3O4. The molecule has 0 bridgehead atoms. The molecular weight excluding hydrogens is 322 g/mol. The summed E-state index contributed by atoms with van der Waals surface area (Å²) in [5.41, 5.74) is 5.61. The molecule has 0 aromatic heterocycles. The molecule has 1 saturated heterocycles. The predicted molar refractivity (Wildman–Crippen MR) is 92.3 cm³/mol. The van der Waals surface area contributed by atoms with Gasteiger partial charge in [0.05, 0.1) is 6.10 Å². The number of ether oxygens (including phenoxy) is 1. The first-order valence-corrected chi connectivity index (χ1v) is 8.77. The molecule has 7 nitrogen and oxygen atoms in total. The smallest absolute Gasteiger partial charge is 0.255 e. The highest BCUT2D eigenvalue weighted by Gasteiger charge is 2.33. The second kappa shape index (κ2) is 7.84. The number of amides is 2. The Kier molecular flexibility index (Phi) is 5.55. The van der Waals surface area contributed by atoms with Crippen LogP contribution in [0, 0.1) is 0 Å². The summed E-state index contributed by atoms with van der Waals surface area (Å²) in [5.74, 6) is -0.143. The lowest BCUT2D eigenvalue weighted by Crippen LogP contribution is -2.53. The summed E-state index contributed by atoms with van der Waals surface area (Å²) in [5, 5.41) is 10.0. The Morgan fingerprint density at radius 3 is 2.60 bits per heavy atom. The van der Waals surface area contributed by atoms with Crippen molar-refractivity contribution in [3.63, 3.8) is 0 Å². The van der Waals surface area contributed by atoms with Crippen LogP contribution in [-0.2, 0) is 4.79 Å². The van der Waals surface area contributed by atoms with E-state index >= 15 is 0 Å². The third-order valence-electron chi connectivity index (χ3n) is 4.98. The number of benzene rings is 1. The molecule has 25 heavy (non-hydrogen) atoms. The zero-order valence-electron chi connectivity index (χ0n) is 14.3. The largest absolute Gasteiger partial charge is 0.484 e. The molecule has 7 heteroatoms. The maximum absolute atomic E-state index is 12.7. The molecule has 2 fully saturated rings. The second-order valence-corrected chi connectivity index (χ2v) is 6.68. The number of aliphatic hydroxyl groups excluding tert-OH is 1. The van der Waals surface area contributed by atoms with E-state index in [-0.39, 0.29) is 24.7 Å². The van der Waals surface area contributed by atoms with E-state index in [9.17, 15) is 14.7 Å². The fourth-order valence-electron chi connectivity index (χ4n) is 3.66. The lowest BCUT2D eigenvalue weighted by Gasteiger charge is -2.39. The Morgan fingerprint density at radius 1 is 1.20 bits per heavy atom. The van der Waals surface area contributed by atoms with Crippen LogP contribution in [0.5, 0.6) is 5.75 Å². The van der Waals surface area contributed by atoms with E-state index < -0.39 is 5.91 Å². The van der Waals surface area contributed by atoms with Crippen molar-refractivity contribution in [1.82, 2.24) is 9.80 Å². The highest BCUT2D eigenvalue weighted by atomic mass is 16.5. The van der Waals surface area contributed by atoms with Crippen LogP contribution in [0.15, 0.2) is 24.3 Å². The SMILES string of the molecule is NC(=O)COc1cccc(C(=O)N2CCN([C@@H]3CCC[C@@H]3O)CC2)c1. The van der Waals surface area contributed by atoms with Gasteiger partial charge < -0.3 is 20.5 Å². The van der Waals surface area contributed by atoms with Crippen molar-refractivity contribution in [3.05, 3.63) is 29.8 Å². The quantitative estimate of drug-likeness (QED) is 0.794. The van der Waals surface area contributed by atoms with Gasteiger partial charge in [-0.05, 0) is 37.5 Å². The number of nitrogens with two attached hydrogens (primary N) is 1. The van der Waals surface area contributed by atoms with Crippen molar-refractivity contribution in [2.75, 3.05) is 32.8 Å². The van der Waals surface area contributed by atoms with Crippen molar-refractivity contribution >= 4 is 11.8 Å². The second-order valence-electron chi connectivity index (χ2n) is 6.68. The monoisotopic (exact) mass is 347 g/mol. The molecule has 2 atom stereocenters. The number of aliphatic hydroxyl groups is 1. The highest BCUT2D eigenvalue weighted by Crippen LogP contribution is 2.25. The van der Waals surface area contributed by atoms with Gasteiger partial charge in [0.15, 0.2) is 6.61 Å². The van der Waals surface area contributed by atoms with E-state index in [0.717, 1.165) is 32.4 Å². The fraction of sp³-hybridized carbons (Fsp3) is 0.556. The topological polar surface area (TPSA) is 96.1 Å². The van der Waals surface area contributed by atoms with E-state index in [1.165, 1.54) is 0 Å². The molecule has 0 unspecified atom stereocenters. The van der Waals surface area contributed by atoms with Crippen molar-refractivity contribution < 1.29 is 19.4 Å². The van der Waals surface area contributed by atoms with Gasteiger partial charge in [-0.2, -0.15) is 0 Å². The van der Waals surface area contributed by atoms with E-state index in [1.807, 2.05) is 4.90 Å². The first-order chi connectivity index (χ1) is 12.0. The molecule has 1 heterocycles. The minimum atomic E-state index is -0.554. The Morgan fingerprint density at radius 2 is 1.96 bits per heavy atom. The van der Waals surface area contributed by atoms with Gasteiger partial charge in [-0.25, -0.2) is 0 Å². The van der Waals surface area contributed by atoms with Gasteiger partial charge in [-0.1, -0.05) is 6.07 Å². The molecule has 3 rings (SSSR count). The number of carbonyl (C=O) groups is 2. The zero-order chi connectivity index (χ0) is 17.8. The summed E-state index contributed by atoms with van der Waals surface area (Å²) >= 11 is 0. The first kappa shape index (κ1) is 17.7. The van der Waals surface area contributed by atoms with E-state index in [1.54, 1.807) is 24.3 Å². The summed E-state index contributed by atoms with van der Waals surface area (Å²) in [4.78, 5) is 27.6. The van der Waals surface area contributed by atoms with Gasteiger partial charge in [-0.3, -0.25) is 14.5 Å². The molecule has 136 valence electrons. The number of piperazine rings is 1. The minimum Gasteiger partial charge on any atom is -0.484 e. The molecule has 2 amide bonds. The Balaban J connectivity index is 1.57. The van der Waals surface area contributed by atoms with Gasteiger partial charge in [0, 0.05) is 37.8 Å². The third-order valence-corrected chi connectivity index (χ3v) is 4.98. The maximum Gasteiger partial charge on any atom is 0.255 e. The van der Waals surface area contributed by atoms with Gasteiger partial charge >= 0.3 is 0 Å². The molecule has 0 radical (unpaired) electrons. The number of hydrogen-bond donors (Lipinski definition) is 2. The van der Waals surface area contributed by atoms with Crippen LogP contribution in [0.2, 0.25) is 0 Å². The molecule has 1 aliphatic heterocycles. The highest BCUT2D eigenvalue weighted by molar-refractivity contribution is 5.94. The van der Waals surface area contributed by atoms with Crippen LogP contribution in [0.25, 0.3) is 0 Å². The summed E-state index contributed by atoms with van der Waals surface area (Å²) in [6, 6.07) is 7.04. The normalized spacial score (nSPS) is 24.3. The van der Waals surface area contributed by atoms with Crippen LogP contribution in [-0.4, -0.2) is 71.7 Å². The van der Waals surface area contributed by atoms with Gasteiger partial charge in [0.25, 0.3) is 11.8 Å². The zero-order valence-corrected chi connectivity index (χ0v) is 14.3. The summed E-state index contributed by atoms with van der Waals surface area (Å²) in [7, 11) is 0. The molecule has 0 spiro atoms. The number of hydrogen-bond acceptors (Lipinski definition) is 5. The fourth-order valence-corrected chi connectivity index (χ4v) is 3.66. The molecule has 1 aliphatic carbocycles. The number of rotatable bonds is 5. The molecule has 1 aromatic rings. The van der Waals surface area contributed by atoms with Gasteiger partial charge in [0.1, 0.15) is 5.75 Å². The Hall–Kier alpha value is -2.12. The van der Waals surface area contributed by atoms with E-state index in [2.05, 4.69) is 4.90 Å². The minimum absolute atomic E-state index is 0.0452. The van der Waals surface area contributed by atoms with E-state index in [0.29, 0.717) is 24.4 Å². The summed E-state index contributed by atoms with van der Waals surface area (Å²) in [6.45, 7) is 2.65. The van der Waals surface area contributed by atoms with Crippen LogP contribution in [0.4, 0.5) is 0 Å². The van der Waals surface area contributed by atoms with Crippen LogP contribution >= 0.6 is 0 Å². The summed E-state index contributed by atoms with van der Waals surface area (Å²) < 4.78 is 5.26. The third kappa shape index (κ3) is 4.29. The number of nitrogens with zero attached hydrogens (tertiary/aromatic N) is 2. The maximum atomic E-state index is 12.7. The van der Waals surface area contributed by atoms with Crippen molar-refractivity contribution in [1.29, 1.82) is 0 Å². The lowest BCUT2D eigenvalue weighted by molar-refractivity contribution is -0.119. The molecule has 1 aromatic carbocycles.